The van der Waals surface area contributed by atoms with Crippen LogP contribution < -0.4 is 4.74 Å². The normalized spacial score (nSPS) is 13.8. The van der Waals surface area contributed by atoms with E-state index in [1.165, 1.54) is 0 Å². The molecule has 0 aliphatic heterocycles. The quantitative estimate of drug-likeness (QED) is 0.861. The minimum Gasteiger partial charge on any atom is -0.482 e. The van der Waals surface area contributed by atoms with Crippen LogP contribution in [0.4, 0.5) is 13.2 Å². The summed E-state index contributed by atoms with van der Waals surface area (Å²) in [7, 11) is 0. The molecule has 0 aromatic carbocycles. The predicted octanol–water partition coefficient (Wildman–Crippen LogP) is 3.37. The number of aliphatic hydroxyl groups is 1. The molecule has 0 aliphatic rings. The van der Waals surface area contributed by atoms with Gasteiger partial charge in [0.15, 0.2) is 11.6 Å². The Balaban J connectivity index is 3.38. The van der Waals surface area contributed by atoms with E-state index in [4.69, 9.17) is 4.74 Å². The molecule has 1 aromatic rings. The van der Waals surface area contributed by atoms with Gasteiger partial charge in [-0.3, -0.25) is 0 Å². The number of hydrogen-bond donors (Lipinski definition) is 1. The zero-order valence-corrected chi connectivity index (χ0v) is 11.6. The Bertz CT molecular complexity index is 470. The number of rotatable bonds is 3. The van der Waals surface area contributed by atoms with Gasteiger partial charge in [0, 0.05) is 0 Å². The van der Waals surface area contributed by atoms with Gasteiger partial charge in [-0.05, 0) is 26.7 Å². The lowest BCUT2D eigenvalue weighted by atomic mass is 10.0. The highest BCUT2D eigenvalue weighted by molar-refractivity contribution is 5.30. The van der Waals surface area contributed by atoms with Crippen LogP contribution in [0.25, 0.3) is 0 Å². The van der Waals surface area contributed by atoms with Gasteiger partial charge >= 0.3 is 0 Å². The first-order valence-corrected chi connectivity index (χ1v) is 5.96. The standard InChI is InChI=1S/C13H18F3NO2/c1-6(2)10(18)9-7(14)11(19-13(3,4)5)8(15)12(16)17-9/h6,10,18H,1-5H3. The molecule has 19 heavy (non-hydrogen) atoms. The third-order valence-electron chi connectivity index (χ3n) is 2.34. The van der Waals surface area contributed by atoms with Gasteiger partial charge in [0.25, 0.3) is 5.95 Å². The van der Waals surface area contributed by atoms with Crippen molar-refractivity contribution in [2.24, 2.45) is 5.92 Å². The first-order chi connectivity index (χ1) is 8.54. The minimum atomic E-state index is -1.49. The van der Waals surface area contributed by atoms with Crippen molar-refractivity contribution < 1.29 is 23.0 Å². The first-order valence-electron chi connectivity index (χ1n) is 5.96. The monoisotopic (exact) mass is 277 g/mol. The smallest absolute Gasteiger partial charge is 0.253 e. The number of ether oxygens (including phenoxy) is 1. The van der Waals surface area contributed by atoms with Crippen LogP contribution in [0.1, 0.15) is 46.4 Å². The molecule has 1 rings (SSSR count). The van der Waals surface area contributed by atoms with Crippen LogP contribution in [0.3, 0.4) is 0 Å². The third kappa shape index (κ3) is 3.59. The van der Waals surface area contributed by atoms with E-state index in [0.717, 1.165) is 0 Å². The van der Waals surface area contributed by atoms with Gasteiger partial charge in [0.05, 0.1) is 0 Å². The summed E-state index contributed by atoms with van der Waals surface area (Å²) in [5.74, 6) is -5.40. The van der Waals surface area contributed by atoms with Crippen molar-refractivity contribution in [3.63, 3.8) is 0 Å². The molecule has 0 aliphatic carbocycles. The van der Waals surface area contributed by atoms with Gasteiger partial charge in [0.1, 0.15) is 17.4 Å². The van der Waals surface area contributed by atoms with Gasteiger partial charge in [-0.1, -0.05) is 13.8 Å². The summed E-state index contributed by atoms with van der Waals surface area (Å²) in [4.78, 5) is 3.14. The first kappa shape index (κ1) is 15.8. The van der Waals surface area contributed by atoms with E-state index in [0.29, 0.717) is 0 Å². The Hall–Kier alpha value is -1.30. The topological polar surface area (TPSA) is 42.4 Å². The van der Waals surface area contributed by atoms with Crippen molar-refractivity contribution in [3.05, 3.63) is 23.3 Å². The van der Waals surface area contributed by atoms with Crippen LogP contribution in [-0.4, -0.2) is 15.7 Å². The van der Waals surface area contributed by atoms with E-state index in [-0.39, 0.29) is 0 Å². The number of pyridine rings is 1. The van der Waals surface area contributed by atoms with Crippen molar-refractivity contribution in [1.82, 2.24) is 4.98 Å². The molecule has 3 nitrogen and oxygen atoms in total. The number of nitrogens with zero attached hydrogens (tertiary/aromatic N) is 1. The second-order valence-corrected chi connectivity index (χ2v) is 5.65. The fraction of sp³-hybridized carbons (Fsp3) is 0.615. The molecule has 0 saturated carbocycles. The highest BCUT2D eigenvalue weighted by Crippen LogP contribution is 2.32. The molecule has 0 radical (unpaired) electrons. The molecule has 1 N–H and O–H groups in total. The van der Waals surface area contributed by atoms with Gasteiger partial charge in [-0.2, -0.15) is 8.78 Å². The number of halogens is 3. The SMILES string of the molecule is CC(C)C(O)c1nc(F)c(F)c(OC(C)(C)C)c1F. The Morgan fingerprint density at radius 1 is 1.11 bits per heavy atom. The van der Waals surface area contributed by atoms with E-state index in [1.54, 1.807) is 34.6 Å². The van der Waals surface area contributed by atoms with Gasteiger partial charge in [0.2, 0.25) is 5.82 Å². The summed E-state index contributed by atoms with van der Waals surface area (Å²) in [5, 5.41) is 9.77. The summed E-state index contributed by atoms with van der Waals surface area (Å²) < 4.78 is 46.1. The molecule has 6 heteroatoms. The van der Waals surface area contributed by atoms with Crippen molar-refractivity contribution in [1.29, 1.82) is 0 Å². The largest absolute Gasteiger partial charge is 0.482 e. The molecule has 0 saturated heterocycles. The van der Waals surface area contributed by atoms with E-state index in [9.17, 15) is 18.3 Å². The van der Waals surface area contributed by atoms with Crippen molar-refractivity contribution in [3.8, 4) is 5.75 Å². The number of hydrogen-bond acceptors (Lipinski definition) is 3. The van der Waals surface area contributed by atoms with Crippen molar-refractivity contribution in [2.45, 2.75) is 46.3 Å². The second-order valence-electron chi connectivity index (χ2n) is 5.65. The lowest BCUT2D eigenvalue weighted by Gasteiger charge is -2.23. The second kappa shape index (κ2) is 5.36. The maximum Gasteiger partial charge on any atom is 0.253 e. The number of aliphatic hydroxyl groups excluding tert-OH is 1. The van der Waals surface area contributed by atoms with Crippen LogP contribution >= 0.6 is 0 Å². The van der Waals surface area contributed by atoms with Crippen LogP contribution in [-0.2, 0) is 0 Å². The number of aromatic nitrogens is 1. The van der Waals surface area contributed by atoms with Gasteiger partial charge in [-0.15, -0.1) is 0 Å². The summed E-state index contributed by atoms with van der Waals surface area (Å²) in [6.45, 7) is 7.93. The summed E-state index contributed by atoms with van der Waals surface area (Å²) in [6, 6.07) is 0. The molecule has 1 atom stereocenters. The average molecular weight is 277 g/mol. The Morgan fingerprint density at radius 2 is 1.63 bits per heavy atom. The average Bonchev–Trinajstić information content (AvgIpc) is 2.27. The molecule has 1 heterocycles. The maximum atomic E-state index is 14.1. The van der Waals surface area contributed by atoms with Crippen molar-refractivity contribution >= 4 is 0 Å². The van der Waals surface area contributed by atoms with E-state index in [2.05, 4.69) is 4.98 Å². The molecular weight excluding hydrogens is 259 g/mol. The maximum absolute atomic E-state index is 14.1. The summed E-state index contributed by atoms with van der Waals surface area (Å²) in [6.07, 6.45) is -1.34. The molecule has 108 valence electrons. The van der Waals surface area contributed by atoms with Crippen LogP contribution in [0.5, 0.6) is 5.75 Å². The van der Waals surface area contributed by atoms with Crippen LogP contribution in [0.15, 0.2) is 0 Å². The Labute approximate surface area is 110 Å². The highest BCUT2D eigenvalue weighted by Gasteiger charge is 2.29. The molecule has 0 spiro atoms. The summed E-state index contributed by atoms with van der Waals surface area (Å²) >= 11 is 0. The predicted molar refractivity (Wildman–Crippen MR) is 64.3 cm³/mol. The molecule has 0 fully saturated rings. The third-order valence-corrected chi connectivity index (χ3v) is 2.34. The molecule has 0 amide bonds. The molecule has 0 bridgehead atoms. The highest BCUT2D eigenvalue weighted by atomic mass is 19.2. The fourth-order valence-electron chi connectivity index (χ4n) is 1.42. The molecule has 1 aromatic heterocycles. The molecule has 1 unspecified atom stereocenters. The van der Waals surface area contributed by atoms with Gasteiger partial charge < -0.3 is 9.84 Å². The lowest BCUT2D eigenvalue weighted by Crippen LogP contribution is -2.25. The lowest BCUT2D eigenvalue weighted by molar-refractivity contribution is 0.0994. The Kier molecular flexibility index (Phi) is 4.45. The van der Waals surface area contributed by atoms with Crippen LogP contribution in [0, 0.1) is 23.5 Å². The van der Waals surface area contributed by atoms with Crippen LogP contribution in [0.2, 0.25) is 0 Å². The van der Waals surface area contributed by atoms with E-state index < -0.39 is 46.6 Å². The zero-order valence-electron chi connectivity index (χ0n) is 11.6. The van der Waals surface area contributed by atoms with Crippen molar-refractivity contribution in [2.75, 3.05) is 0 Å². The van der Waals surface area contributed by atoms with E-state index in [1.807, 2.05) is 0 Å². The summed E-state index contributed by atoms with van der Waals surface area (Å²) in [5.41, 5.74) is -1.46. The zero-order chi connectivity index (χ0) is 15.0. The van der Waals surface area contributed by atoms with Gasteiger partial charge in [-0.25, -0.2) is 9.37 Å². The molecular formula is C13H18F3NO2. The fourth-order valence-corrected chi connectivity index (χ4v) is 1.42. The Morgan fingerprint density at radius 3 is 2.05 bits per heavy atom. The minimum absolute atomic E-state index is 0.394. The van der Waals surface area contributed by atoms with E-state index >= 15 is 0 Å².